The van der Waals surface area contributed by atoms with Crippen LogP contribution in [0.2, 0.25) is 0 Å². The molecule has 0 spiro atoms. The molecule has 1 aliphatic rings. The molecule has 2 unspecified atom stereocenters. The van der Waals surface area contributed by atoms with Gasteiger partial charge in [-0.15, -0.1) is 0 Å². The summed E-state index contributed by atoms with van der Waals surface area (Å²) in [6.45, 7) is -2.80. The Labute approximate surface area is 224 Å². The summed E-state index contributed by atoms with van der Waals surface area (Å²) >= 11 is 10.1. The molecule has 1 fully saturated rings. The molecule has 1 aromatic carbocycles. The number of rotatable bonds is 14. The molecule has 1 heterocycles. The fourth-order valence-corrected chi connectivity index (χ4v) is 4.63. The van der Waals surface area contributed by atoms with Gasteiger partial charge in [0.05, 0.1) is 0 Å². The maximum atomic E-state index is 12.1. The van der Waals surface area contributed by atoms with Gasteiger partial charge in [-0.2, -0.15) is 0 Å². The summed E-state index contributed by atoms with van der Waals surface area (Å²) in [5.74, 6) is -0.325. The van der Waals surface area contributed by atoms with Crippen LogP contribution in [0.4, 0.5) is 4.79 Å². The molecule has 1 aromatic rings. The van der Waals surface area contributed by atoms with Crippen LogP contribution in [0.3, 0.4) is 0 Å². The molecule has 0 aliphatic carbocycles. The highest BCUT2D eigenvalue weighted by atomic mass is 32.5. The molecule has 198 valence electrons. The van der Waals surface area contributed by atoms with Crippen LogP contribution in [0, 0.1) is 5.92 Å². The lowest BCUT2D eigenvalue weighted by molar-refractivity contribution is -0.0272. The Hall–Kier alpha value is -1.53. The molecule has 36 heavy (non-hydrogen) atoms. The number of ether oxygens (including phenoxy) is 3. The van der Waals surface area contributed by atoms with Crippen molar-refractivity contribution < 1.29 is 32.9 Å². The van der Waals surface area contributed by atoms with Gasteiger partial charge in [-0.25, -0.2) is 4.79 Å². The third-order valence-electron chi connectivity index (χ3n) is 5.48. The summed E-state index contributed by atoms with van der Waals surface area (Å²) in [7, 11) is 9.26. The van der Waals surface area contributed by atoms with Crippen molar-refractivity contribution in [1.29, 1.82) is 0 Å². The van der Waals surface area contributed by atoms with E-state index in [9.17, 15) is 9.69 Å². The highest BCUT2D eigenvalue weighted by Crippen LogP contribution is 2.48. The minimum absolute atomic E-state index is 0.0808. The van der Waals surface area contributed by atoms with Crippen LogP contribution in [0.5, 0.6) is 0 Å². The molecule has 13 heteroatoms. The van der Waals surface area contributed by atoms with Gasteiger partial charge in [-0.3, -0.25) is 0 Å². The Bertz CT molecular complexity index is 896. The van der Waals surface area contributed by atoms with E-state index >= 15 is 0 Å². The summed E-state index contributed by atoms with van der Waals surface area (Å²) in [5.41, 5.74) is 0.834. The smallest absolute Gasteiger partial charge is 0.431 e. The lowest BCUT2D eigenvalue weighted by Crippen LogP contribution is -2.33. The Morgan fingerprint density at radius 3 is 2.69 bits per heavy atom. The zero-order valence-corrected chi connectivity index (χ0v) is 23.1. The molecule has 1 saturated heterocycles. The van der Waals surface area contributed by atoms with E-state index in [1.807, 2.05) is 36.4 Å². The molecule has 2 rings (SSSR count). The van der Waals surface area contributed by atoms with Crippen molar-refractivity contribution in [2.24, 2.45) is 5.92 Å². The Balaban J connectivity index is 1.85. The number of hydrogen-bond donors (Lipinski definition) is 3. The molecule has 0 bridgehead atoms. The molecule has 5 atom stereocenters. The minimum Gasteiger partial charge on any atom is -0.431 e. The van der Waals surface area contributed by atoms with Crippen molar-refractivity contribution >= 4 is 49.9 Å². The number of carbonyl (C=O) groups is 1. The average Bonchev–Trinajstić information content (AvgIpc) is 3.16. The number of nitrogens with one attached hydrogen (secondary N) is 2. The first kappa shape index (κ1) is 30.7. The van der Waals surface area contributed by atoms with E-state index in [0.717, 1.165) is 31.4 Å². The number of allylic oxidation sites excluding steroid dienone is 2. The van der Waals surface area contributed by atoms with Crippen LogP contribution >= 0.6 is 18.9 Å². The third-order valence-corrected chi connectivity index (χ3v) is 7.50. The molecule has 0 aromatic heterocycles. The first-order valence-corrected chi connectivity index (χ1v) is 14.7. The van der Waals surface area contributed by atoms with E-state index in [0.29, 0.717) is 11.5 Å². The van der Waals surface area contributed by atoms with Crippen molar-refractivity contribution in [1.82, 2.24) is 10.6 Å². The van der Waals surface area contributed by atoms with Crippen molar-refractivity contribution in [3.63, 3.8) is 0 Å². The van der Waals surface area contributed by atoms with Gasteiger partial charge in [-0.1, -0.05) is 42.5 Å². The van der Waals surface area contributed by atoms with E-state index in [-0.39, 0.29) is 19.1 Å². The fraction of sp³-hybridized carbons (Fsp3) is 0.565. The van der Waals surface area contributed by atoms with E-state index in [1.54, 1.807) is 7.05 Å². The summed E-state index contributed by atoms with van der Waals surface area (Å²) in [4.78, 5) is 22.3. The fourth-order valence-electron chi connectivity index (χ4n) is 3.55. The predicted octanol–water partition coefficient (Wildman–Crippen LogP) is 3.31. The van der Waals surface area contributed by atoms with E-state index in [4.69, 9.17) is 55.1 Å². The zero-order valence-electron chi connectivity index (χ0n) is 20.5. The van der Waals surface area contributed by atoms with Crippen LogP contribution in [0.25, 0.3) is 0 Å². The van der Waals surface area contributed by atoms with Gasteiger partial charge >= 0.3 is 12.9 Å². The maximum absolute atomic E-state index is 12.1. The quantitative estimate of drug-likeness (QED) is 0.0785. The summed E-state index contributed by atoms with van der Waals surface area (Å²) in [6, 6.07) is 8.54. The van der Waals surface area contributed by atoms with Crippen molar-refractivity contribution in [3.8, 4) is 0 Å². The second-order valence-corrected chi connectivity index (χ2v) is 11.4. The van der Waals surface area contributed by atoms with Gasteiger partial charge in [0, 0.05) is 32.6 Å². The number of thiocarbonyl (C=S) groups is 1. The molecule has 1 aliphatic heterocycles. The Morgan fingerprint density at radius 1 is 1.25 bits per heavy atom. The maximum Gasteiger partial charge on any atom is 0.508 e. The third kappa shape index (κ3) is 11.3. The van der Waals surface area contributed by atoms with E-state index in [2.05, 4.69) is 16.7 Å². The first-order valence-electron chi connectivity index (χ1n) is 11.7. The standard InChI is InChI=1S/C23H34BN2O7PS2/c1-25-22(35)26-14-10-5-3-4-9-13-18-20(33-34(28,36)29-2)19(32-21(18)24)16-31-23(27)30-15-17-11-7-6-8-12-17/h4,6-9,11-12,18-21H,3,5,10,13-16H2,1-2H3,(H,28,36)(H2,25,26,35)/b9-4+/t18?,19-,20-,21-,34?/m1/s1. The second-order valence-electron chi connectivity index (χ2n) is 8.07. The average molecular weight is 556 g/mol. The first-order chi connectivity index (χ1) is 17.3. The van der Waals surface area contributed by atoms with Crippen LogP contribution in [0.1, 0.15) is 31.2 Å². The second kappa shape index (κ2) is 16.3. The number of unbranched alkanes of at least 4 members (excludes halogenated alkanes) is 2. The molecule has 3 N–H and O–H groups in total. The summed E-state index contributed by atoms with van der Waals surface area (Å²) < 4.78 is 26.8. The van der Waals surface area contributed by atoms with Gasteiger partial charge in [0.25, 0.3) is 0 Å². The predicted molar refractivity (Wildman–Crippen MR) is 146 cm³/mol. The normalized spacial score (nSPS) is 23.2. The van der Waals surface area contributed by atoms with Crippen LogP contribution in [-0.2, 0) is 41.7 Å². The highest BCUT2D eigenvalue weighted by molar-refractivity contribution is 8.07. The SMILES string of the molecule is [B][C@@H]1O[C@H](COC(=O)OCc2ccccc2)[C@H](OP(O)(=S)OC)C1C/C=C/CCCCNC(=S)NC. The van der Waals surface area contributed by atoms with Gasteiger partial charge in [-0.05, 0) is 55.3 Å². The van der Waals surface area contributed by atoms with Gasteiger partial charge < -0.3 is 38.8 Å². The van der Waals surface area contributed by atoms with Crippen LogP contribution in [-0.4, -0.2) is 69.5 Å². The minimum atomic E-state index is -3.51. The molecular weight excluding hydrogens is 522 g/mol. The molecular formula is C23H34BN2O7PS2. The molecule has 0 amide bonds. The summed E-state index contributed by atoms with van der Waals surface area (Å²) in [5, 5.41) is 6.61. The Kier molecular flexibility index (Phi) is 13.9. The monoisotopic (exact) mass is 556 g/mol. The largest absolute Gasteiger partial charge is 0.508 e. The number of benzene rings is 1. The Morgan fingerprint density at radius 2 is 2.00 bits per heavy atom. The molecule has 0 saturated carbocycles. The molecule has 2 radical (unpaired) electrons. The number of carbonyl (C=O) groups excluding carboxylic acids is 1. The lowest BCUT2D eigenvalue weighted by atomic mass is 9.82. The van der Waals surface area contributed by atoms with Crippen molar-refractivity contribution in [3.05, 3.63) is 48.0 Å². The van der Waals surface area contributed by atoms with Gasteiger partial charge in [0.1, 0.15) is 33.3 Å². The van der Waals surface area contributed by atoms with Crippen molar-refractivity contribution in [2.75, 3.05) is 27.3 Å². The van der Waals surface area contributed by atoms with Gasteiger partial charge in [0.2, 0.25) is 0 Å². The van der Waals surface area contributed by atoms with E-state index in [1.165, 1.54) is 7.11 Å². The van der Waals surface area contributed by atoms with Crippen molar-refractivity contribution in [2.45, 2.75) is 50.5 Å². The van der Waals surface area contributed by atoms with E-state index < -0.39 is 31.1 Å². The zero-order chi connectivity index (χ0) is 26.4. The van der Waals surface area contributed by atoms with Crippen LogP contribution in [0.15, 0.2) is 42.5 Å². The summed E-state index contributed by atoms with van der Waals surface area (Å²) in [6.07, 6.45) is 5.13. The topological polar surface area (TPSA) is 108 Å². The van der Waals surface area contributed by atoms with Crippen LogP contribution < -0.4 is 10.6 Å². The molecule has 9 nitrogen and oxygen atoms in total. The number of hydrogen-bond acceptors (Lipinski definition) is 8. The lowest BCUT2D eigenvalue weighted by Gasteiger charge is -2.26. The highest BCUT2D eigenvalue weighted by Gasteiger charge is 2.45. The van der Waals surface area contributed by atoms with Gasteiger partial charge in [0.15, 0.2) is 5.11 Å².